The number of carbonyl (C=O) groups excluding carboxylic acids is 1. The predicted octanol–water partition coefficient (Wildman–Crippen LogP) is 5.27. The molecule has 3 rings (SSSR count). The van der Waals surface area contributed by atoms with Gasteiger partial charge in [0.1, 0.15) is 17.9 Å². The zero-order valence-electron chi connectivity index (χ0n) is 17.3. The van der Waals surface area contributed by atoms with Crippen LogP contribution in [-0.4, -0.2) is 26.7 Å². The largest absolute Gasteiger partial charge is 0.503 e. The topological polar surface area (TPSA) is 56.8 Å². The molecule has 1 aliphatic rings. The van der Waals surface area contributed by atoms with Crippen molar-refractivity contribution in [2.45, 2.75) is 25.6 Å². The fourth-order valence-electron chi connectivity index (χ4n) is 3.10. The Hall–Kier alpha value is -3.16. The maximum atomic E-state index is 13.5. The quantitative estimate of drug-likeness (QED) is 0.331. The molecule has 0 atom stereocenters. The summed E-state index contributed by atoms with van der Waals surface area (Å²) < 4.78 is 56.1. The van der Waals surface area contributed by atoms with Crippen LogP contribution in [0, 0.1) is 5.92 Å². The van der Waals surface area contributed by atoms with Crippen molar-refractivity contribution in [1.29, 1.82) is 0 Å². The molecular weight excluding hydrogens is 411 g/mol. The average Bonchev–Trinajstić information content (AvgIpc) is 3.58. The number of hydrogen-bond acceptors (Lipinski definition) is 5. The van der Waals surface area contributed by atoms with Crippen molar-refractivity contribution in [3.05, 3.63) is 65.4 Å². The van der Waals surface area contributed by atoms with Gasteiger partial charge in [-0.1, -0.05) is 24.3 Å². The highest BCUT2D eigenvalue weighted by molar-refractivity contribution is 6.16. The van der Waals surface area contributed by atoms with Crippen molar-refractivity contribution in [3.8, 4) is 5.75 Å². The smallest absolute Gasteiger partial charge is 0.418 e. The van der Waals surface area contributed by atoms with E-state index < -0.39 is 17.7 Å². The van der Waals surface area contributed by atoms with Gasteiger partial charge in [-0.2, -0.15) is 13.2 Å². The van der Waals surface area contributed by atoms with Gasteiger partial charge in [-0.05, 0) is 48.1 Å². The van der Waals surface area contributed by atoms with E-state index in [9.17, 15) is 18.0 Å². The molecule has 0 unspecified atom stereocenters. The second kappa shape index (κ2) is 9.76. The molecule has 0 aliphatic heterocycles. The minimum Gasteiger partial charge on any atom is -0.503 e. The lowest BCUT2D eigenvalue weighted by molar-refractivity contribution is -0.137. The van der Waals surface area contributed by atoms with Gasteiger partial charge in [0.2, 0.25) is 0 Å². The molecule has 31 heavy (non-hydrogen) atoms. The summed E-state index contributed by atoms with van der Waals surface area (Å²) >= 11 is 0. The van der Waals surface area contributed by atoms with Crippen LogP contribution in [0.3, 0.4) is 0 Å². The SMILES string of the molecule is COC=C(C(=O)OC)c1ccccc1COc1ccc(NCC2CC2)c(C(F)(F)F)c1. The summed E-state index contributed by atoms with van der Waals surface area (Å²) in [6, 6.07) is 10.8. The first-order chi connectivity index (χ1) is 14.8. The second-order valence-corrected chi connectivity index (χ2v) is 7.23. The van der Waals surface area contributed by atoms with Crippen LogP contribution in [0.25, 0.3) is 5.57 Å². The normalized spacial score (nSPS) is 14.2. The zero-order valence-corrected chi connectivity index (χ0v) is 17.3. The number of hydrogen-bond donors (Lipinski definition) is 1. The van der Waals surface area contributed by atoms with E-state index in [2.05, 4.69) is 5.32 Å². The van der Waals surface area contributed by atoms with Gasteiger partial charge in [0, 0.05) is 12.2 Å². The maximum absolute atomic E-state index is 13.5. The van der Waals surface area contributed by atoms with Gasteiger partial charge in [-0.3, -0.25) is 0 Å². The molecule has 5 nitrogen and oxygen atoms in total. The third kappa shape index (κ3) is 5.93. The first-order valence-electron chi connectivity index (χ1n) is 9.81. The molecule has 2 aromatic rings. The van der Waals surface area contributed by atoms with Gasteiger partial charge < -0.3 is 19.5 Å². The summed E-state index contributed by atoms with van der Waals surface area (Å²) in [5.41, 5.74) is 0.562. The van der Waals surface area contributed by atoms with Gasteiger partial charge in [0.15, 0.2) is 0 Å². The first kappa shape index (κ1) is 22.5. The standard InChI is InChI=1S/C23H24F3NO4/c1-29-14-19(22(28)30-2)18-6-4-3-5-16(18)13-31-17-9-10-21(27-12-15-7-8-15)20(11-17)23(24,25)26/h3-6,9-11,14-15,27H,7-8,12-13H2,1-2H3. The van der Waals surface area contributed by atoms with E-state index in [4.69, 9.17) is 14.2 Å². The van der Waals surface area contributed by atoms with E-state index in [0.717, 1.165) is 18.9 Å². The Balaban J connectivity index is 1.81. The Kier molecular flexibility index (Phi) is 7.09. The number of benzene rings is 2. The van der Waals surface area contributed by atoms with Crippen molar-refractivity contribution in [2.24, 2.45) is 5.92 Å². The van der Waals surface area contributed by atoms with Crippen molar-refractivity contribution in [2.75, 3.05) is 26.1 Å². The van der Waals surface area contributed by atoms with E-state index in [1.807, 2.05) is 0 Å². The molecule has 0 spiro atoms. The van der Waals surface area contributed by atoms with E-state index in [0.29, 0.717) is 23.6 Å². The number of nitrogens with one attached hydrogen (secondary N) is 1. The predicted molar refractivity (Wildman–Crippen MR) is 110 cm³/mol. The highest BCUT2D eigenvalue weighted by Gasteiger charge is 2.34. The van der Waals surface area contributed by atoms with Crippen LogP contribution < -0.4 is 10.1 Å². The molecule has 1 aliphatic carbocycles. The van der Waals surface area contributed by atoms with Crippen LogP contribution in [0.1, 0.15) is 29.5 Å². The highest BCUT2D eigenvalue weighted by atomic mass is 19.4. The van der Waals surface area contributed by atoms with Gasteiger partial charge in [0.05, 0.1) is 26.0 Å². The lowest BCUT2D eigenvalue weighted by Crippen LogP contribution is -2.13. The fourth-order valence-corrected chi connectivity index (χ4v) is 3.10. The van der Waals surface area contributed by atoms with E-state index in [-0.39, 0.29) is 23.6 Å². The molecule has 0 bridgehead atoms. The number of anilines is 1. The Morgan fingerprint density at radius 3 is 2.55 bits per heavy atom. The molecule has 1 fully saturated rings. The van der Waals surface area contributed by atoms with Gasteiger partial charge >= 0.3 is 12.1 Å². The number of ether oxygens (including phenoxy) is 3. The monoisotopic (exact) mass is 435 g/mol. The third-order valence-electron chi connectivity index (χ3n) is 4.92. The molecule has 1 saturated carbocycles. The number of alkyl halides is 3. The number of methoxy groups -OCH3 is 2. The minimum absolute atomic E-state index is 0.0413. The van der Waals surface area contributed by atoms with Gasteiger partial charge in [-0.15, -0.1) is 0 Å². The Morgan fingerprint density at radius 2 is 1.90 bits per heavy atom. The van der Waals surface area contributed by atoms with Crippen molar-refractivity contribution >= 4 is 17.2 Å². The molecule has 0 radical (unpaired) electrons. The van der Waals surface area contributed by atoms with Gasteiger partial charge in [-0.25, -0.2) is 4.79 Å². The van der Waals surface area contributed by atoms with Crippen LogP contribution in [0.4, 0.5) is 18.9 Å². The summed E-state index contributed by atoms with van der Waals surface area (Å²) in [7, 11) is 2.65. The summed E-state index contributed by atoms with van der Waals surface area (Å²) in [4.78, 5) is 12.1. The number of carbonyl (C=O) groups is 1. The third-order valence-corrected chi connectivity index (χ3v) is 4.92. The van der Waals surface area contributed by atoms with Crippen LogP contribution in [0.2, 0.25) is 0 Å². The lowest BCUT2D eigenvalue weighted by atomic mass is 10.0. The Labute approximate surface area is 178 Å². The molecule has 2 aromatic carbocycles. The number of esters is 1. The highest BCUT2D eigenvalue weighted by Crippen LogP contribution is 2.38. The summed E-state index contributed by atoms with van der Waals surface area (Å²) in [5.74, 6) is -0.0770. The lowest BCUT2D eigenvalue weighted by Gasteiger charge is -2.17. The molecule has 166 valence electrons. The average molecular weight is 435 g/mol. The van der Waals surface area contributed by atoms with Gasteiger partial charge in [0.25, 0.3) is 0 Å². The maximum Gasteiger partial charge on any atom is 0.418 e. The molecule has 0 aromatic heterocycles. The molecular formula is C23H24F3NO4. The van der Waals surface area contributed by atoms with Crippen molar-refractivity contribution in [1.82, 2.24) is 0 Å². The Bertz CT molecular complexity index is 952. The number of halogens is 3. The molecule has 0 saturated heterocycles. The van der Waals surface area contributed by atoms with E-state index in [1.165, 1.54) is 32.6 Å². The van der Waals surface area contributed by atoms with Crippen LogP contribution >= 0.6 is 0 Å². The minimum atomic E-state index is -4.51. The summed E-state index contributed by atoms with van der Waals surface area (Å²) in [6.07, 6.45) is -1.17. The van der Waals surface area contributed by atoms with Crippen molar-refractivity contribution < 1.29 is 32.2 Å². The zero-order chi connectivity index (χ0) is 22.4. The van der Waals surface area contributed by atoms with Crippen LogP contribution in [0.15, 0.2) is 48.7 Å². The molecule has 0 heterocycles. The first-order valence-corrected chi connectivity index (χ1v) is 9.81. The summed E-state index contributed by atoms with van der Waals surface area (Å²) in [6.45, 7) is 0.485. The Morgan fingerprint density at radius 1 is 1.16 bits per heavy atom. The van der Waals surface area contributed by atoms with E-state index in [1.54, 1.807) is 24.3 Å². The molecule has 8 heteroatoms. The molecule has 1 N–H and O–H groups in total. The summed E-state index contributed by atoms with van der Waals surface area (Å²) in [5, 5.41) is 2.89. The van der Waals surface area contributed by atoms with Crippen molar-refractivity contribution in [3.63, 3.8) is 0 Å². The number of rotatable bonds is 9. The van der Waals surface area contributed by atoms with Crippen LogP contribution in [-0.2, 0) is 27.1 Å². The second-order valence-electron chi connectivity index (χ2n) is 7.23. The van der Waals surface area contributed by atoms with E-state index >= 15 is 0 Å². The molecule has 0 amide bonds. The van der Waals surface area contributed by atoms with Crippen LogP contribution in [0.5, 0.6) is 5.75 Å². The fraction of sp³-hybridized carbons (Fsp3) is 0.348.